The third-order valence-electron chi connectivity index (χ3n) is 7.98. The Balaban J connectivity index is 1.23. The molecule has 1 N–H and O–H groups in total. The van der Waals surface area contributed by atoms with E-state index in [0.29, 0.717) is 12.5 Å². The van der Waals surface area contributed by atoms with Gasteiger partial charge >= 0.3 is 5.97 Å². The first-order valence-corrected chi connectivity index (χ1v) is 15.0. The fourth-order valence-corrected chi connectivity index (χ4v) is 8.10. The molecule has 37 heavy (non-hydrogen) atoms. The highest BCUT2D eigenvalue weighted by Gasteiger charge is 2.41. The van der Waals surface area contributed by atoms with E-state index in [-0.39, 0.29) is 23.6 Å². The van der Waals surface area contributed by atoms with Crippen molar-refractivity contribution < 1.29 is 14.3 Å². The number of hydrogen-bond donors (Lipinski definition) is 1. The molecule has 5 rings (SSSR count). The third-order valence-corrected chi connectivity index (χ3v) is 10.0. The largest absolute Gasteiger partial charge is 0.480 e. The first kappa shape index (κ1) is 26.5. The van der Waals surface area contributed by atoms with Gasteiger partial charge in [0, 0.05) is 47.9 Å². The lowest BCUT2D eigenvalue weighted by Crippen LogP contribution is -2.44. The van der Waals surface area contributed by atoms with Gasteiger partial charge in [-0.15, -0.1) is 22.7 Å². The Morgan fingerprint density at radius 2 is 2.00 bits per heavy atom. The molecular weight excluding hydrogens is 505 g/mol. The molecule has 3 atom stereocenters. The molecular formula is C29H36FN3O2S2. The summed E-state index contributed by atoms with van der Waals surface area (Å²) in [4.78, 5) is 24.2. The van der Waals surface area contributed by atoms with Gasteiger partial charge in [0.15, 0.2) is 0 Å². The summed E-state index contributed by atoms with van der Waals surface area (Å²) >= 11 is 3.64. The second-order valence-electron chi connectivity index (χ2n) is 10.9. The van der Waals surface area contributed by atoms with Gasteiger partial charge in [-0.2, -0.15) is 0 Å². The fraction of sp³-hybridized carbons (Fsp3) is 0.517. The number of carboxylic acids is 1. The van der Waals surface area contributed by atoms with Crippen LogP contribution in [0.15, 0.2) is 48.0 Å². The van der Waals surface area contributed by atoms with E-state index in [1.54, 1.807) is 23.5 Å². The van der Waals surface area contributed by atoms with Crippen LogP contribution in [0.25, 0.3) is 0 Å². The Morgan fingerprint density at radius 1 is 1.19 bits per heavy atom. The molecule has 0 amide bonds. The monoisotopic (exact) mass is 541 g/mol. The number of carboxylic acid groups (broad SMARTS) is 1. The number of hydrogen-bond acceptors (Lipinski definition) is 6. The maximum absolute atomic E-state index is 14.1. The number of carbonyl (C=O) groups is 1. The summed E-state index contributed by atoms with van der Waals surface area (Å²) in [6.07, 6.45) is 5.24. The number of benzene rings is 1. The summed E-state index contributed by atoms with van der Waals surface area (Å²) in [5, 5.41) is 13.2. The normalized spacial score (nSPS) is 22.6. The van der Waals surface area contributed by atoms with E-state index in [2.05, 4.69) is 33.5 Å². The minimum Gasteiger partial charge on any atom is -0.480 e. The van der Waals surface area contributed by atoms with Crippen molar-refractivity contribution in [3.63, 3.8) is 0 Å². The van der Waals surface area contributed by atoms with E-state index in [9.17, 15) is 14.3 Å². The van der Waals surface area contributed by atoms with E-state index < -0.39 is 12.0 Å². The molecule has 5 nitrogen and oxygen atoms in total. The quantitative estimate of drug-likeness (QED) is 0.363. The zero-order chi connectivity index (χ0) is 25.9. The van der Waals surface area contributed by atoms with Crippen LogP contribution in [0.5, 0.6) is 0 Å². The molecule has 0 bridgehead atoms. The molecule has 2 aliphatic rings. The first-order chi connectivity index (χ1) is 17.9. The van der Waals surface area contributed by atoms with Crippen LogP contribution in [0.4, 0.5) is 4.39 Å². The number of thiazole rings is 1. The number of rotatable bonds is 9. The van der Waals surface area contributed by atoms with Gasteiger partial charge in [0.25, 0.3) is 0 Å². The zero-order valence-electron chi connectivity index (χ0n) is 21.6. The maximum Gasteiger partial charge on any atom is 0.321 e. The van der Waals surface area contributed by atoms with Crippen molar-refractivity contribution >= 4 is 28.6 Å². The molecule has 0 aliphatic carbocycles. The molecule has 2 fully saturated rings. The number of thiophene rings is 1. The Morgan fingerprint density at radius 3 is 2.68 bits per heavy atom. The minimum atomic E-state index is -0.766. The molecule has 1 aromatic carbocycles. The van der Waals surface area contributed by atoms with Crippen molar-refractivity contribution in [3.8, 4) is 0 Å². The van der Waals surface area contributed by atoms with Gasteiger partial charge in [-0.3, -0.25) is 9.69 Å². The van der Waals surface area contributed by atoms with Crippen molar-refractivity contribution in [2.24, 2.45) is 11.8 Å². The van der Waals surface area contributed by atoms with Crippen LogP contribution in [0.2, 0.25) is 0 Å². The van der Waals surface area contributed by atoms with Crippen LogP contribution in [0.3, 0.4) is 0 Å². The molecule has 2 aromatic heterocycles. The van der Waals surface area contributed by atoms with E-state index in [0.717, 1.165) is 51.0 Å². The molecule has 4 heterocycles. The lowest BCUT2D eigenvalue weighted by molar-refractivity contribution is -0.144. The predicted octanol–water partition coefficient (Wildman–Crippen LogP) is 5.94. The van der Waals surface area contributed by atoms with Gasteiger partial charge in [0.1, 0.15) is 11.9 Å². The first-order valence-electron chi connectivity index (χ1n) is 13.3. The molecule has 3 aromatic rings. The fourth-order valence-electron chi connectivity index (χ4n) is 6.18. The van der Waals surface area contributed by atoms with E-state index in [1.165, 1.54) is 20.8 Å². The maximum atomic E-state index is 14.1. The van der Waals surface area contributed by atoms with Gasteiger partial charge in [-0.05, 0) is 72.8 Å². The van der Waals surface area contributed by atoms with Crippen molar-refractivity contribution in [1.82, 2.24) is 14.8 Å². The van der Waals surface area contributed by atoms with Gasteiger partial charge in [-0.1, -0.05) is 32.0 Å². The highest BCUT2D eigenvalue weighted by molar-refractivity contribution is 7.12. The van der Waals surface area contributed by atoms with Crippen LogP contribution < -0.4 is 0 Å². The summed E-state index contributed by atoms with van der Waals surface area (Å²) in [5.41, 5.74) is 0.984. The summed E-state index contributed by atoms with van der Waals surface area (Å²) in [6.45, 7) is 8.31. The number of halogens is 1. The van der Waals surface area contributed by atoms with E-state index in [1.807, 2.05) is 31.3 Å². The highest BCUT2D eigenvalue weighted by Crippen LogP contribution is 2.38. The van der Waals surface area contributed by atoms with Crippen LogP contribution in [-0.2, 0) is 11.2 Å². The minimum absolute atomic E-state index is 0.0178. The van der Waals surface area contributed by atoms with E-state index >= 15 is 0 Å². The lowest BCUT2D eigenvalue weighted by atomic mass is 9.87. The van der Waals surface area contributed by atoms with Crippen molar-refractivity contribution in [2.75, 3.05) is 32.7 Å². The Bertz CT molecular complexity index is 1170. The Hall–Kier alpha value is -2.13. The molecule has 8 heteroatoms. The summed E-state index contributed by atoms with van der Waals surface area (Å²) in [5.74, 6) is -0.00349. The third kappa shape index (κ3) is 6.30. The smallest absolute Gasteiger partial charge is 0.321 e. The highest BCUT2D eigenvalue weighted by atomic mass is 32.1. The molecule has 198 valence electrons. The van der Waals surface area contributed by atoms with Crippen molar-refractivity contribution in [1.29, 1.82) is 0 Å². The molecule has 2 aliphatic heterocycles. The van der Waals surface area contributed by atoms with Crippen LogP contribution >= 0.6 is 22.7 Å². The number of nitrogens with zero attached hydrogens (tertiary/aromatic N) is 3. The van der Waals surface area contributed by atoms with Crippen LogP contribution in [0.1, 0.15) is 58.9 Å². The van der Waals surface area contributed by atoms with Crippen LogP contribution in [-0.4, -0.2) is 64.6 Å². The number of aromatic nitrogens is 1. The lowest BCUT2D eigenvalue weighted by Gasteiger charge is -2.34. The van der Waals surface area contributed by atoms with Crippen molar-refractivity contribution in [3.05, 3.63) is 74.1 Å². The molecule has 0 saturated carbocycles. The van der Waals surface area contributed by atoms with Gasteiger partial charge in [-0.25, -0.2) is 9.37 Å². The summed E-state index contributed by atoms with van der Waals surface area (Å²) < 4.78 is 14.1. The van der Waals surface area contributed by atoms with Crippen LogP contribution in [0, 0.1) is 17.7 Å². The average Bonchev–Trinajstić information content (AvgIpc) is 3.62. The van der Waals surface area contributed by atoms with Gasteiger partial charge in [0.05, 0.1) is 5.01 Å². The zero-order valence-corrected chi connectivity index (χ0v) is 23.2. The van der Waals surface area contributed by atoms with Crippen molar-refractivity contribution in [2.45, 2.75) is 51.0 Å². The predicted molar refractivity (Wildman–Crippen MR) is 148 cm³/mol. The SMILES string of the molecule is CC(C)C(C(=O)O)N1CC(CN2CCC(c3cnc(Cc4cccs4)s3)CC2)C(c2cccc(F)c2)C1. The number of aliphatic carboxylic acids is 1. The molecule has 3 unspecified atom stereocenters. The topological polar surface area (TPSA) is 56.7 Å². The summed E-state index contributed by atoms with van der Waals surface area (Å²) in [6, 6.07) is 10.6. The van der Waals surface area contributed by atoms with Gasteiger partial charge in [0.2, 0.25) is 0 Å². The van der Waals surface area contributed by atoms with Gasteiger partial charge < -0.3 is 10.0 Å². The standard InChI is InChI=1S/C29H36FN3O2S2/c1-19(2)28(29(34)35)33-17-22(25(18-33)21-5-3-6-23(30)13-21)16-32-10-8-20(9-11-32)26-15-31-27(37-26)14-24-7-4-12-36-24/h3-7,12-13,15,19-20,22,25,28H,8-11,14,16-18H2,1-2H3,(H,34,35). The summed E-state index contributed by atoms with van der Waals surface area (Å²) in [7, 11) is 0. The van der Waals surface area contributed by atoms with E-state index in [4.69, 9.17) is 4.98 Å². The molecule has 0 spiro atoms. The number of piperidine rings is 1. The second kappa shape index (κ2) is 11.7. The Labute approximate surface area is 227 Å². The Kier molecular flexibility index (Phi) is 8.39. The molecule has 2 saturated heterocycles. The second-order valence-corrected chi connectivity index (χ2v) is 13.1. The molecule has 0 radical (unpaired) electrons. The average molecular weight is 542 g/mol. The number of likely N-dealkylation sites (tertiary alicyclic amines) is 2.